The summed E-state index contributed by atoms with van der Waals surface area (Å²) in [7, 11) is -7.58. The van der Waals surface area contributed by atoms with Gasteiger partial charge >= 0.3 is 15.6 Å². The fourth-order valence-corrected chi connectivity index (χ4v) is 7.93. The van der Waals surface area contributed by atoms with Crippen molar-refractivity contribution in [3.8, 4) is 0 Å². The lowest BCUT2D eigenvalue weighted by Crippen LogP contribution is -2.41. The zero-order valence-corrected chi connectivity index (χ0v) is 14.2. The second kappa shape index (κ2) is 6.60. The summed E-state index contributed by atoms with van der Waals surface area (Å²) in [6.45, 7) is 6.39. The van der Waals surface area contributed by atoms with E-state index < -0.39 is 23.7 Å². The Kier molecular flexibility index (Phi) is 5.76. The molecule has 1 heterocycles. The van der Waals surface area contributed by atoms with E-state index in [1.54, 1.807) is 0 Å². The van der Waals surface area contributed by atoms with Gasteiger partial charge in [0.1, 0.15) is 6.26 Å². The van der Waals surface area contributed by atoms with Gasteiger partial charge in [-0.1, -0.05) is 38.9 Å². The Morgan fingerprint density at radius 1 is 1.29 bits per heavy atom. The first-order valence-corrected chi connectivity index (χ1v) is 11.1. The molecule has 9 heteroatoms. The van der Waals surface area contributed by atoms with Crippen LogP contribution in [0.5, 0.6) is 0 Å². The molecule has 0 radical (unpaired) electrons. The van der Waals surface area contributed by atoms with Gasteiger partial charge in [-0.25, -0.2) is 0 Å². The molecule has 1 atom stereocenters. The summed E-state index contributed by atoms with van der Waals surface area (Å²) in [6.07, 6.45) is 1.54. The van der Waals surface area contributed by atoms with E-state index in [4.69, 9.17) is 4.74 Å². The van der Waals surface area contributed by atoms with E-state index in [1.807, 2.05) is 20.8 Å². The monoisotopic (exact) mass is 346 g/mol. The number of hydrogen-bond acceptors (Lipinski definition) is 4. The molecule has 0 spiro atoms. The van der Waals surface area contributed by atoms with E-state index in [-0.39, 0.29) is 11.3 Å². The van der Waals surface area contributed by atoms with Gasteiger partial charge in [0.2, 0.25) is 0 Å². The maximum atomic E-state index is 12.5. The van der Waals surface area contributed by atoms with E-state index >= 15 is 0 Å². The Hall–Kier alpha value is -0.703. The number of alkyl halides is 3. The van der Waals surface area contributed by atoms with Crippen LogP contribution < -0.4 is 0 Å². The van der Waals surface area contributed by atoms with E-state index in [0.29, 0.717) is 13.0 Å². The Labute approximate surface area is 124 Å². The predicted molar refractivity (Wildman–Crippen MR) is 75.7 cm³/mol. The molecule has 124 valence electrons. The summed E-state index contributed by atoms with van der Waals surface area (Å²) in [5, 5.41) is 0. The molecule has 4 nitrogen and oxygen atoms in total. The first-order chi connectivity index (χ1) is 9.63. The van der Waals surface area contributed by atoms with Crippen LogP contribution in [0.25, 0.3) is 0 Å². The van der Waals surface area contributed by atoms with Crippen molar-refractivity contribution in [3.05, 3.63) is 12.0 Å². The van der Waals surface area contributed by atoms with Gasteiger partial charge in [0.05, 0.1) is 14.7 Å². The van der Waals surface area contributed by atoms with Gasteiger partial charge in [0.15, 0.2) is 5.76 Å². The number of hydrogen-bond donors (Lipinski definition) is 0. The van der Waals surface area contributed by atoms with Crippen LogP contribution in [0, 0.1) is 0 Å². The quantitative estimate of drug-likeness (QED) is 0.414. The summed E-state index contributed by atoms with van der Waals surface area (Å²) < 4.78 is 69.3. The smallest absolute Gasteiger partial charge is 0.498 e. The largest absolute Gasteiger partial charge is 0.534 e. The van der Waals surface area contributed by atoms with Crippen molar-refractivity contribution >= 4 is 18.2 Å². The Balaban J connectivity index is 3.12. The summed E-state index contributed by atoms with van der Waals surface area (Å²) in [5.74, 6) is -0.184. The van der Waals surface area contributed by atoms with Gasteiger partial charge in [-0.05, 0) is 6.42 Å². The highest BCUT2D eigenvalue weighted by atomic mass is 32.2. The highest BCUT2D eigenvalue weighted by molar-refractivity contribution is 7.87. The zero-order valence-electron chi connectivity index (χ0n) is 12.4. The van der Waals surface area contributed by atoms with Crippen molar-refractivity contribution in [1.29, 1.82) is 0 Å². The van der Waals surface area contributed by atoms with Crippen LogP contribution in [-0.4, -0.2) is 28.6 Å². The molecule has 0 N–H and O–H groups in total. The van der Waals surface area contributed by atoms with E-state index in [0.717, 1.165) is 24.4 Å². The molecule has 0 saturated heterocycles. The lowest BCUT2D eigenvalue weighted by atomic mass is 10.2. The second-order valence-electron chi connectivity index (χ2n) is 5.14. The van der Waals surface area contributed by atoms with Crippen LogP contribution in [0.3, 0.4) is 0 Å². The molecule has 0 aromatic heterocycles. The molecule has 0 fully saturated rings. The molecular formula is C12H21F3O4SSi. The van der Waals surface area contributed by atoms with Crippen LogP contribution in [0.1, 0.15) is 27.2 Å². The zero-order chi connectivity index (χ0) is 16.3. The van der Waals surface area contributed by atoms with Crippen molar-refractivity contribution in [3.63, 3.8) is 0 Å². The lowest BCUT2D eigenvalue weighted by molar-refractivity contribution is -0.0527. The predicted octanol–water partition coefficient (Wildman–Crippen LogP) is 3.99. The van der Waals surface area contributed by atoms with Gasteiger partial charge in [-0.2, -0.15) is 21.6 Å². The molecular weight excluding hydrogens is 325 g/mol. The third kappa shape index (κ3) is 3.74. The normalized spacial score (nSPS) is 20.7. The standard InChI is InChI=1S/C12H21F3O4SSi/c1-4-21(5-2,6-3)11-7-8-18-9-10(11)19-20(16,17)12(13,14)15/h9,11H,4-8H2,1-3H3. The Bertz CT molecular complexity index is 475. The minimum atomic E-state index is -5.64. The topological polar surface area (TPSA) is 52.6 Å². The minimum Gasteiger partial charge on any atom is -0.498 e. The molecule has 0 bridgehead atoms. The van der Waals surface area contributed by atoms with Crippen molar-refractivity contribution in [1.82, 2.24) is 0 Å². The maximum absolute atomic E-state index is 12.5. The Morgan fingerprint density at radius 2 is 1.81 bits per heavy atom. The summed E-state index contributed by atoms with van der Waals surface area (Å²) in [5.41, 5.74) is -5.69. The van der Waals surface area contributed by atoms with Crippen molar-refractivity contribution in [2.24, 2.45) is 0 Å². The molecule has 21 heavy (non-hydrogen) atoms. The van der Waals surface area contributed by atoms with Crippen molar-refractivity contribution in [2.45, 2.75) is 56.4 Å². The van der Waals surface area contributed by atoms with Crippen LogP contribution >= 0.6 is 0 Å². The molecule has 0 saturated carbocycles. The third-order valence-electron chi connectivity index (χ3n) is 4.41. The van der Waals surface area contributed by atoms with Gasteiger partial charge in [0.25, 0.3) is 0 Å². The van der Waals surface area contributed by atoms with Gasteiger partial charge < -0.3 is 8.92 Å². The fraction of sp³-hybridized carbons (Fsp3) is 0.833. The molecule has 0 aromatic rings. The number of rotatable bonds is 6. The highest BCUT2D eigenvalue weighted by Gasteiger charge is 2.51. The summed E-state index contributed by atoms with van der Waals surface area (Å²) >= 11 is 0. The van der Waals surface area contributed by atoms with E-state index in [9.17, 15) is 21.6 Å². The summed E-state index contributed by atoms with van der Waals surface area (Å²) in [6, 6.07) is 2.58. The van der Waals surface area contributed by atoms with Crippen LogP contribution in [-0.2, 0) is 19.0 Å². The molecule has 0 aromatic carbocycles. The van der Waals surface area contributed by atoms with Gasteiger partial charge in [-0.3, -0.25) is 0 Å². The molecule has 1 unspecified atom stereocenters. The average molecular weight is 346 g/mol. The number of allylic oxidation sites excluding steroid dienone is 1. The third-order valence-corrected chi connectivity index (χ3v) is 11.7. The lowest BCUT2D eigenvalue weighted by Gasteiger charge is -2.39. The SMILES string of the molecule is CC[Si](CC)(CC)C1CCOC=C1OS(=O)(=O)C(F)(F)F. The first-order valence-electron chi connectivity index (χ1n) is 6.96. The van der Waals surface area contributed by atoms with Gasteiger partial charge in [-0.15, -0.1) is 0 Å². The van der Waals surface area contributed by atoms with Crippen LogP contribution in [0.2, 0.25) is 23.7 Å². The van der Waals surface area contributed by atoms with E-state index in [2.05, 4.69) is 4.18 Å². The second-order valence-corrected chi connectivity index (χ2v) is 12.2. The fourth-order valence-electron chi connectivity index (χ4n) is 2.90. The van der Waals surface area contributed by atoms with Crippen LogP contribution in [0.15, 0.2) is 12.0 Å². The van der Waals surface area contributed by atoms with Crippen LogP contribution in [0.4, 0.5) is 13.2 Å². The molecule has 1 rings (SSSR count). The number of ether oxygens (including phenoxy) is 1. The maximum Gasteiger partial charge on any atom is 0.534 e. The van der Waals surface area contributed by atoms with E-state index in [1.165, 1.54) is 0 Å². The van der Waals surface area contributed by atoms with Crippen molar-refractivity contribution < 1.29 is 30.5 Å². The average Bonchev–Trinajstić information content (AvgIpc) is 2.41. The highest BCUT2D eigenvalue weighted by Crippen LogP contribution is 2.44. The Morgan fingerprint density at radius 3 is 2.24 bits per heavy atom. The summed E-state index contributed by atoms with van der Waals surface area (Å²) in [4.78, 5) is 0. The first kappa shape index (κ1) is 18.3. The van der Waals surface area contributed by atoms with Gasteiger partial charge in [0, 0.05) is 5.54 Å². The molecule has 1 aliphatic rings. The molecule has 1 aliphatic heterocycles. The van der Waals surface area contributed by atoms with Crippen molar-refractivity contribution in [2.75, 3.05) is 6.61 Å². The molecule has 0 amide bonds. The minimum absolute atomic E-state index is 0.184. The molecule has 0 aliphatic carbocycles. The number of halogens is 3.